The number of nitriles is 1. The van der Waals surface area contributed by atoms with E-state index in [1.165, 1.54) is 0 Å². The van der Waals surface area contributed by atoms with Crippen molar-refractivity contribution in [1.29, 1.82) is 5.26 Å². The van der Waals surface area contributed by atoms with Crippen LogP contribution >= 0.6 is 0 Å². The smallest absolute Gasteiger partial charge is 0.342 e. The molecule has 0 bridgehead atoms. The average Bonchev–Trinajstić information content (AvgIpc) is 3.61. The van der Waals surface area contributed by atoms with Crippen LogP contribution < -0.4 is 0 Å². The fourth-order valence-electron chi connectivity index (χ4n) is 4.57. The summed E-state index contributed by atoms with van der Waals surface area (Å²) in [6.45, 7) is 24.5. The van der Waals surface area contributed by atoms with Crippen molar-refractivity contribution >= 4 is 5.82 Å². The van der Waals surface area contributed by atoms with Gasteiger partial charge in [-0.25, -0.2) is 15.0 Å². The molecule has 0 aliphatic heterocycles. The second kappa shape index (κ2) is 12.5. The zero-order chi connectivity index (χ0) is 29.2. The van der Waals surface area contributed by atoms with Crippen molar-refractivity contribution in [1.82, 2.24) is 29.5 Å². The van der Waals surface area contributed by atoms with Gasteiger partial charge in [-0.1, -0.05) is 105 Å². The Morgan fingerprint density at radius 3 is 1.78 bits per heavy atom. The number of hydrogen-bond acceptors (Lipinski definition) is 5. The molecule has 9 heteroatoms. The summed E-state index contributed by atoms with van der Waals surface area (Å²) in [7, 11) is 0. The molecule has 0 amide bonds. The van der Waals surface area contributed by atoms with Gasteiger partial charge >= 0.3 is 26.9 Å². The molecule has 4 heterocycles. The fraction of sp³-hybridized carbons (Fsp3) is 0.438. The van der Waals surface area contributed by atoms with Crippen LogP contribution in [0.4, 0.5) is 5.82 Å². The molecule has 4 aromatic heterocycles. The molecule has 0 aliphatic rings. The van der Waals surface area contributed by atoms with Crippen LogP contribution in [0.15, 0.2) is 36.4 Å². The van der Waals surface area contributed by atoms with Crippen molar-refractivity contribution in [2.45, 2.75) is 90.9 Å². The third-order valence-corrected chi connectivity index (χ3v) is 8.51. The molecule has 0 aromatic carbocycles. The van der Waals surface area contributed by atoms with Crippen LogP contribution in [0.5, 0.6) is 0 Å². The normalized spacial score (nSPS) is 13.1. The molecule has 41 heavy (non-hydrogen) atoms. The first-order chi connectivity index (χ1) is 19.0. The minimum atomic E-state index is -0.448. The molecular formula is C32H36N8Pt. The minimum Gasteiger partial charge on any atom is -0.342 e. The predicted molar refractivity (Wildman–Crippen MR) is 155 cm³/mol. The molecule has 0 spiro atoms. The van der Waals surface area contributed by atoms with Gasteiger partial charge in [0.2, 0.25) is 0 Å². The minimum absolute atomic E-state index is 0. The van der Waals surface area contributed by atoms with Gasteiger partial charge in [0.15, 0.2) is 0 Å². The summed E-state index contributed by atoms with van der Waals surface area (Å²) < 4.78 is 3.18. The van der Waals surface area contributed by atoms with Crippen LogP contribution in [0.1, 0.15) is 108 Å². The SMILES string of the molecule is [C-]#[N+]c1nn(-c2cccc(C(C)(C)C(C)(C)c3cccc(-n4[c-]c(C(C)CC)c(C#N)n4)n3)n2)[c-]c1C(C)CC.[Pt+2]. The maximum absolute atomic E-state index is 9.62. The van der Waals surface area contributed by atoms with Crippen LogP contribution in [-0.2, 0) is 31.9 Å². The summed E-state index contributed by atoms with van der Waals surface area (Å²) in [6, 6.07) is 13.9. The number of hydrogen-bond donors (Lipinski definition) is 0. The van der Waals surface area contributed by atoms with E-state index in [9.17, 15) is 5.26 Å². The number of aromatic nitrogens is 6. The van der Waals surface area contributed by atoms with E-state index in [1.807, 2.05) is 36.4 Å². The molecule has 4 rings (SSSR count). The van der Waals surface area contributed by atoms with E-state index in [1.54, 1.807) is 9.36 Å². The second-order valence-electron chi connectivity index (χ2n) is 11.4. The van der Waals surface area contributed by atoms with E-state index in [0.717, 1.165) is 35.4 Å². The Kier molecular flexibility index (Phi) is 9.73. The molecule has 0 saturated carbocycles. The Morgan fingerprint density at radius 1 is 0.854 bits per heavy atom. The summed E-state index contributed by atoms with van der Waals surface area (Å²) in [6.07, 6.45) is 8.35. The van der Waals surface area contributed by atoms with Gasteiger partial charge in [0, 0.05) is 22.2 Å². The summed E-state index contributed by atoms with van der Waals surface area (Å²) in [5, 5.41) is 18.6. The molecule has 2 unspecified atom stereocenters. The average molecular weight is 728 g/mol. The molecule has 0 aliphatic carbocycles. The molecule has 2 atom stereocenters. The van der Waals surface area contributed by atoms with Gasteiger partial charge in [0.1, 0.15) is 0 Å². The zero-order valence-electron chi connectivity index (χ0n) is 24.9. The van der Waals surface area contributed by atoms with Crippen molar-refractivity contribution < 1.29 is 21.1 Å². The van der Waals surface area contributed by atoms with E-state index in [-0.39, 0.29) is 32.9 Å². The first-order valence-electron chi connectivity index (χ1n) is 13.8. The molecule has 0 saturated heterocycles. The Morgan fingerprint density at radius 2 is 1.32 bits per heavy atom. The quantitative estimate of drug-likeness (QED) is 0.171. The van der Waals surface area contributed by atoms with Crippen LogP contribution in [0.25, 0.3) is 16.5 Å². The van der Waals surface area contributed by atoms with Gasteiger partial charge in [-0.3, -0.25) is 9.97 Å². The Hall–Kier alpha value is -3.61. The van der Waals surface area contributed by atoms with Gasteiger partial charge in [-0.2, -0.15) is 0 Å². The number of rotatable bonds is 9. The van der Waals surface area contributed by atoms with Crippen LogP contribution in [0.2, 0.25) is 0 Å². The van der Waals surface area contributed by atoms with Crippen molar-refractivity contribution in [3.8, 4) is 17.7 Å². The van der Waals surface area contributed by atoms with E-state index < -0.39 is 10.8 Å². The molecule has 0 fully saturated rings. The first-order valence-corrected chi connectivity index (χ1v) is 13.8. The van der Waals surface area contributed by atoms with Gasteiger partial charge < -0.3 is 9.53 Å². The molecule has 4 aromatic rings. The largest absolute Gasteiger partial charge is 2.00 e. The number of nitrogens with zero attached hydrogens (tertiary/aromatic N) is 8. The molecule has 214 valence electrons. The van der Waals surface area contributed by atoms with E-state index >= 15 is 0 Å². The molecule has 0 N–H and O–H groups in total. The van der Waals surface area contributed by atoms with Gasteiger partial charge in [-0.05, 0) is 40.8 Å². The molecule has 0 radical (unpaired) electrons. The molecular weight excluding hydrogens is 691 g/mol. The Balaban J connectivity index is 0.00000462. The van der Waals surface area contributed by atoms with E-state index in [0.29, 0.717) is 23.1 Å². The Bertz CT molecular complexity index is 1480. The number of pyridine rings is 2. The topological polar surface area (TPSA) is 89.6 Å². The van der Waals surface area contributed by atoms with Crippen LogP contribution in [-0.4, -0.2) is 29.5 Å². The first kappa shape index (κ1) is 31.9. The summed E-state index contributed by atoms with van der Waals surface area (Å²) in [5.41, 5.74) is 2.86. The van der Waals surface area contributed by atoms with E-state index in [4.69, 9.17) is 16.5 Å². The predicted octanol–water partition coefficient (Wildman–Crippen LogP) is 7.15. The summed E-state index contributed by atoms with van der Waals surface area (Å²) in [5.74, 6) is 1.97. The van der Waals surface area contributed by atoms with Crippen molar-refractivity contribution in [3.63, 3.8) is 0 Å². The Labute approximate surface area is 257 Å². The van der Waals surface area contributed by atoms with Gasteiger partial charge in [-0.15, -0.1) is 5.56 Å². The van der Waals surface area contributed by atoms with Gasteiger partial charge in [0.25, 0.3) is 0 Å². The second-order valence-corrected chi connectivity index (χ2v) is 11.4. The monoisotopic (exact) mass is 727 g/mol. The van der Waals surface area contributed by atoms with Crippen LogP contribution in [0, 0.1) is 30.3 Å². The maximum atomic E-state index is 9.62. The summed E-state index contributed by atoms with van der Waals surface area (Å²) in [4.78, 5) is 13.6. The standard InChI is InChI=1S/C32H36N8.Pt/c1-10-21(3)23-19-39(37-25(23)18-33)28-16-12-14-26(35-28)31(5,6)32(7,8)27-15-13-17-29(36-27)40-20-24(22(4)11-2)30(34-9)38-40;/h12-17,21-22H,10-11H2,1-8H3;/q-2;+2. The van der Waals surface area contributed by atoms with Crippen molar-refractivity contribution in [2.24, 2.45) is 0 Å². The third kappa shape index (κ3) is 5.90. The molecule has 8 nitrogen and oxygen atoms in total. The van der Waals surface area contributed by atoms with E-state index in [2.05, 4.69) is 88.9 Å². The zero-order valence-corrected chi connectivity index (χ0v) is 27.2. The maximum Gasteiger partial charge on any atom is 2.00 e. The fourth-order valence-corrected chi connectivity index (χ4v) is 4.57. The summed E-state index contributed by atoms with van der Waals surface area (Å²) >= 11 is 0. The van der Waals surface area contributed by atoms with Crippen LogP contribution in [0.3, 0.4) is 0 Å². The van der Waals surface area contributed by atoms with Crippen molar-refractivity contribution in [3.05, 3.63) is 88.4 Å². The van der Waals surface area contributed by atoms with Crippen molar-refractivity contribution in [2.75, 3.05) is 0 Å². The third-order valence-electron chi connectivity index (χ3n) is 8.51. The van der Waals surface area contributed by atoms with Gasteiger partial charge in [0.05, 0.1) is 23.4 Å².